The zero-order valence-corrected chi connectivity index (χ0v) is 15.3. The van der Waals surface area contributed by atoms with Crippen molar-refractivity contribution in [1.29, 1.82) is 0 Å². The Hall–Kier alpha value is -2.33. The number of nitrogens with zero attached hydrogens (tertiary/aromatic N) is 2. The number of carbonyl (C=O) groups excluding carboxylic acids is 1. The number of nitrogens with one attached hydrogen (secondary N) is 1. The van der Waals surface area contributed by atoms with Crippen LogP contribution in [0.1, 0.15) is 25.2 Å². The van der Waals surface area contributed by atoms with E-state index in [-0.39, 0.29) is 11.8 Å². The van der Waals surface area contributed by atoms with E-state index >= 15 is 0 Å². The van der Waals surface area contributed by atoms with Crippen molar-refractivity contribution in [3.05, 3.63) is 64.9 Å². The average Bonchev–Trinajstić information content (AvgIpc) is 2.94. The fraction of sp³-hybridized carbons (Fsp3) is 0.300. The van der Waals surface area contributed by atoms with Gasteiger partial charge in [0, 0.05) is 23.9 Å². The molecule has 0 aliphatic rings. The van der Waals surface area contributed by atoms with E-state index in [1.807, 2.05) is 56.3 Å². The molecule has 0 aliphatic carbocycles. The molecule has 0 saturated heterocycles. The average molecular weight is 356 g/mol. The maximum Gasteiger partial charge on any atom is 0.222 e. The molecule has 3 rings (SSSR count). The SMILES string of the molecule is CC(C)C(=O)NCCc1nc2ccccc2n1Cc1ccccc1Cl. The predicted octanol–water partition coefficient (Wildman–Crippen LogP) is 4.05. The Labute approximate surface area is 152 Å². The molecule has 2 aromatic carbocycles. The van der Waals surface area contributed by atoms with Crippen molar-refractivity contribution in [2.45, 2.75) is 26.8 Å². The summed E-state index contributed by atoms with van der Waals surface area (Å²) in [5.74, 6) is 1.00. The smallest absolute Gasteiger partial charge is 0.222 e. The zero-order valence-electron chi connectivity index (χ0n) is 14.5. The highest BCUT2D eigenvalue weighted by molar-refractivity contribution is 6.31. The number of rotatable bonds is 6. The van der Waals surface area contributed by atoms with Crippen molar-refractivity contribution in [3.63, 3.8) is 0 Å². The van der Waals surface area contributed by atoms with Gasteiger partial charge in [0.2, 0.25) is 5.91 Å². The summed E-state index contributed by atoms with van der Waals surface area (Å²) in [5, 5.41) is 3.71. The number of aromatic nitrogens is 2. The molecule has 130 valence electrons. The number of halogens is 1. The third kappa shape index (κ3) is 4.02. The molecule has 1 heterocycles. The van der Waals surface area contributed by atoms with Crippen LogP contribution >= 0.6 is 11.6 Å². The van der Waals surface area contributed by atoms with Gasteiger partial charge in [-0.15, -0.1) is 0 Å². The molecule has 5 heteroatoms. The van der Waals surface area contributed by atoms with Crippen molar-refractivity contribution in [2.24, 2.45) is 5.92 Å². The van der Waals surface area contributed by atoms with Crippen molar-refractivity contribution >= 4 is 28.5 Å². The largest absolute Gasteiger partial charge is 0.355 e. The van der Waals surface area contributed by atoms with Crippen LogP contribution in [0.25, 0.3) is 11.0 Å². The molecule has 1 aromatic heterocycles. The van der Waals surface area contributed by atoms with Crippen LogP contribution in [0.4, 0.5) is 0 Å². The first-order valence-corrected chi connectivity index (χ1v) is 8.89. The molecule has 0 aliphatic heterocycles. The maximum atomic E-state index is 11.8. The molecular weight excluding hydrogens is 334 g/mol. The Bertz CT molecular complexity index is 886. The van der Waals surface area contributed by atoms with Crippen LogP contribution in [-0.4, -0.2) is 22.0 Å². The molecule has 1 amide bonds. The number of amides is 1. The van der Waals surface area contributed by atoms with Gasteiger partial charge >= 0.3 is 0 Å². The summed E-state index contributed by atoms with van der Waals surface area (Å²) in [4.78, 5) is 16.5. The van der Waals surface area contributed by atoms with Crippen LogP contribution in [0.15, 0.2) is 48.5 Å². The summed E-state index contributed by atoms with van der Waals surface area (Å²) in [5.41, 5.74) is 3.09. The van der Waals surface area contributed by atoms with Crippen molar-refractivity contribution in [2.75, 3.05) is 6.54 Å². The first kappa shape index (κ1) is 17.5. The maximum absolute atomic E-state index is 11.8. The van der Waals surface area contributed by atoms with Crippen LogP contribution in [-0.2, 0) is 17.8 Å². The number of hydrogen-bond acceptors (Lipinski definition) is 2. The Balaban J connectivity index is 1.87. The van der Waals surface area contributed by atoms with E-state index in [4.69, 9.17) is 16.6 Å². The summed E-state index contributed by atoms with van der Waals surface area (Å²) in [6, 6.07) is 15.9. The van der Waals surface area contributed by atoms with Crippen LogP contribution in [0.5, 0.6) is 0 Å². The lowest BCUT2D eigenvalue weighted by atomic mass is 10.2. The normalized spacial score (nSPS) is 11.2. The van der Waals surface area contributed by atoms with Crippen LogP contribution in [0, 0.1) is 5.92 Å². The molecule has 0 unspecified atom stereocenters. The molecule has 0 atom stereocenters. The monoisotopic (exact) mass is 355 g/mol. The molecule has 25 heavy (non-hydrogen) atoms. The molecule has 0 bridgehead atoms. The number of benzene rings is 2. The van der Waals surface area contributed by atoms with Gasteiger partial charge in [-0.1, -0.05) is 55.8 Å². The van der Waals surface area contributed by atoms with E-state index in [0.29, 0.717) is 19.5 Å². The lowest BCUT2D eigenvalue weighted by molar-refractivity contribution is -0.123. The second kappa shape index (κ2) is 7.70. The van der Waals surface area contributed by atoms with Gasteiger partial charge in [-0.2, -0.15) is 0 Å². The third-order valence-electron chi connectivity index (χ3n) is 4.19. The molecule has 3 aromatic rings. The van der Waals surface area contributed by atoms with E-state index in [1.54, 1.807) is 0 Å². The molecule has 0 spiro atoms. The topological polar surface area (TPSA) is 46.9 Å². The summed E-state index contributed by atoms with van der Waals surface area (Å²) in [6.07, 6.45) is 0.678. The van der Waals surface area contributed by atoms with Crippen LogP contribution in [0.3, 0.4) is 0 Å². The van der Waals surface area contributed by atoms with E-state index in [1.165, 1.54) is 0 Å². The summed E-state index contributed by atoms with van der Waals surface area (Å²) in [7, 11) is 0. The number of para-hydroxylation sites is 2. The Morgan fingerprint density at radius 3 is 2.64 bits per heavy atom. The molecule has 0 saturated carbocycles. The molecule has 0 fully saturated rings. The summed E-state index contributed by atoms with van der Waals surface area (Å²) in [6.45, 7) is 5.01. The van der Waals surface area contributed by atoms with Crippen molar-refractivity contribution in [1.82, 2.24) is 14.9 Å². The quantitative estimate of drug-likeness (QED) is 0.725. The van der Waals surface area contributed by atoms with Gasteiger partial charge in [0.25, 0.3) is 0 Å². The van der Waals surface area contributed by atoms with E-state index in [9.17, 15) is 4.79 Å². The highest BCUT2D eigenvalue weighted by atomic mass is 35.5. The van der Waals surface area contributed by atoms with E-state index in [2.05, 4.69) is 16.0 Å². The van der Waals surface area contributed by atoms with Gasteiger partial charge in [0.1, 0.15) is 5.82 Å². The minimum atomic E-state index is -0.0121. The van der Waals surface area contributed by atoms with Crippen LogP contribution < -0.4 is 5.32 Å². The van der Waals surface area contributed by atoms with Crippen molar-refractivity contribution < 1.29 is 4.79 Å². The minimum absolute atomic E-state index is 0.0121. The van der Waals surface area contributed by atoms with Gasteiger partial charge in [0.15, 0.2) is 0 Å². The number of fused-ring (bicyclic) bond motifs is 1. The first-order chi connectivity index (χ1) is 12.1. The predicted molar refractivity (Wildman–Crippen MR) is 102 cm³/mol. The second-order valence-electron chi connectivity index (χ2n) is 6.39. The first-order valence-electron chi connectivity index (χ1n) is 8.51. The fourth-order valence-electron chi connectivity index (χ4n) is 2.79. The fourth-order valence-corrected chi connectivity index (χ4v) is 2.99. The highest BCUT2D eigenvalue weighted by Crippen LogP contribution is 2.22. The lowest BCUT2D eigenvalue weighted by Gasteiger charge is -2.12. The van der Waals surface area contributed by atoms with Gasteiger partial charge in [0.05, 0.1) is 17.6 Å². The number of carbonyl (C=O) groups is 1. The summed E-state index contributed by atoms with van der Waals surface area (Å²) < 4.78 is 2.18. The van der Waals surface area contributed by atoms with E-state index in [0.717, 1.165) is 27.4 Å². The van der Waals surface area contributed by atoms with Gasteiger partial charge in [-0.25, -0.2) is 4.98 Å². The molecular formula is C20H22ClN3O. The summed E-state index contributed by atoms with van der Waals surface area (Å²) >= 11 is 6.33. The highest BCUT2D eigenvalue weighted by Gasteiger charge is 2.13. The van der Waals surface area contributed by atoms with Gasteiger partial charge in [-0.05, 0) is 23.8 Å². The molecule has 0 radical (unpaired) electrons. The van der Waals surface area contributed by atoms with Crippen LogP contribution in [0.2, 0.25) is 5.02 Å². The van der Waals surface area contributed by atoms with Crippen molar-refractivity contribution in [3.8, 4) is 0 Å². The Kier molecular flexibility index (Phi) is 5.39. The van der Waals surface area contributed by atoms with Gasteiger partial charge in [-0.3, -0.25) is 4.79 Å². The van der Waals surface area contributed by atoms with E-state index < -0.39 is 0 Å². The third-order valence-corrected chi connectivity index (χ3v) is 4.56. The van der Waals surface area contributed by atoms with Gasteiger partial charge < -0.3 is 9.88 Å². The zero-order chi connectivity index (χ0) is 17.8. The standard InChI is InChI=1S/C20H22ClN3O/c1-14(2)20(25)22-12-11-19-23-17-9-5-6-10-18(17)24(19)13-15-7-3-4-8-16(15)21/h3-10,14H,11-13H2,1-2H3,(H,22,25). The lowest BCUT2D eigenvalue weighted by Crippen LogP contribution is -2.30. The molecule has 4 nitrogen and oxygen atoms in total. The minimum Gasteiger partial charge on any atom is -0.355 e. The Morgan fingerprint density at radius 1 is 1.16 bits per heavy atom. The number of imidazole rings is 1. The second-order valence-corrected chi connectivity index (χ2v) is 6.80. The Morgan fingerprint density at radius 2 is 1.88 bits per heavy atom. The number of hydrogen-bond donors (Lipinski definition) is 1. The molecule has 1 N–H and O–H groups in total.